The average molecular weight is 172 g/mol. The topological polar surface area (TPSA) is 0 Å². The molecule has 0 fully saturated rings. The summed E-state index contributed by atoms with van der Waals surface area (Å²) >= 11 is 0. The molecule has 0 heterocycles. The molecule has 0 radical (unpaired) electrons. The van der Waals surface area contributed by atoms with Crippen LogP contribution in [-0.4, -0.2) is 7.85 Å². The lowest BCUT2D eigenvalue weighted by Crippen LogP contribution is -2.05. The Hall–Kier alpha value is -0.925. The van der Waals surface area contributed by atoms with E-state index in [4.69, 9.17) is 0 Å². The number of hydrogen-bond acceptors (Lipinski definition) is 0. The molecule has 0 unspecified atom stereocenters. The van der Waals surface area contributed by atoms with Crippen LogP contribution < -0.4 is 0 Å². The van der Waals surface area contributed by atoms with Crippen LogP contribution in [0, 0.1) is 0 Å². The molecule has 1 aromatic rings. The molecule has 0 aliphatic carbocycles. The smallest absolute Gasteiger partial charge is 0.166 e. The summed E-state index contributed by atoms with van der Waals surface area (Å²) in [7, 11) is 1.83. The first-order valence-electron chi connectivity index (χ1n) is 3.70. The number of alkyl halides is 3. The Morgan fingerprint density at radius 1 is 1.25 bits per heavy atom. The van der Waals surface area contributed by atoms with E-state index in [1.807, 2.05) is 7.85 Å². The Morgan fingerprint density at radius 2 is 1.92 bits per heavy atom. The third-order valence-electron chi connectivity index (χ3n) is 1.66. The van der Waals surface area contributed by atoms with Gasteiger partial charge in [-0.15, -0.1) is 0 Å². The second-order valence-corrected chi connectivity index (χ2v) is 2.55. The van der Waals surface area contributed by atoms with E-state index in [2.05, 4.69) is 0 Å². The molecule has 0 nitrogen and oxygen atoms in total. The normalized spacial score (nSPS) is 11.6. The van der Waals surface area contributed by atoms with Gasteiger partial charge in [0.2, 0.25) is 0 Å². The van der Waals surface area contributed by atoms with Gasteiger partial charge in [-0.05, 0) is 6.07 Å². The minimum absolute atomic E-state index is 0.568. The summed E-state index contributed by atoms with van der Waals surface area (Å²) in [5.74, 6) is 0. The lowest BCUT2D eigenvalue weighted by molar-refractivity contribution is -0.137. The Labute approximate surface area is 69.8 Å². The van der Waals surface area contributed by atoms with E-state index in [-0.39, 0.29) is 0 Å². The van der Waals surface area contributed by atoms with Gasteiger partial charge in [-0.2, -0.15) is 13.2 Å². The maximum atomic E-state index is 12.1. The molecule has 4 heteroatoms. The number of halogens is 3. The van der Waals surface area contributed by atoms with Crippen LogP contribution in [0.1, 0.15) is 11.1 Å². The van der Waals surface area contributed by atoms with Gasteiger partial charge in [0.05, 0.1) is 5.56 Å². The maximum Gasteiger partial charge on any atom is 0.416 e. The Balaban J connectivity index is 3.02. The highest BCUT2D eigenvalue weighted by Crippen LogP contribution is 2.29. The molecule has 12 heavy (non-hydrogen) atoms. The first kappa shape index (κ1) is 9.17. The summed E-state index contributed by atoms with van der Waals surface area (Å²) in [4.78, 5) is 0. The summed E-state index contributed by atoms with van der Waals surface area (Å²) in [6.45, 7) is 0. The monoisotopic (exact) mass is 172 g/mol. The molecule has 1 rings (SSSR count). The Morgan fingerprint density at radius 3 is 2.42 bits per heavy atom. The van der Waals surface area contributed by atoms with E-state index in [1.165, 1.54) is 12.1 Å². The lowest BCUT2D eigenvalue weighted by Gasteiger charge is -2.07. The van der Waals surface area contributed by atoms with Crippen LogP contribution in [0.5, 0.6) is 0 Å². The fourth-order valence-corrected chi connectivity index (χ4v) is 0.968. The van der Waals surface area contributed by atoms with E-state index >= 15 is 0 Å². The van der Waals surface area contributed by atoms with Gasteiger partial charge in [-0.3, -0.25) is 0 Å². The summed E-state index contributed by atoms with van der Waals surface area (Å²) in [6, 6.07) is 5.38. The molecule has 64 valence electrons. The van der Waals surface area contributed by atoms with Crippen LogP contribution in [0.25, 0.3) is 0 Å². The molecule has 0 saturated carbocycles. The van der Waals surface area contributed by atoms with Gasteiger partial charge < -0.3 is 0 Å². The quantitative estimate of drug-likeness (QED) is 0.567. The van der Waals surface area contributed by atoms with E-state index in [0.29, 0.717) is 11.9 Å². The average Bonchev–Trinajstić information content (AvgIpc) is 2.03. The van der Waals surface area contributed by atoms with E-state index in [0.717, 1.165) is 6.07 Å². The van der Waals surface area contributed by atoms with E-state index in [1.54, 1.807) is 6.07 Å². The number of hydrogen-bond donors (Lipinski definition) is 0. The predicted molar refractivity (Wildman–Crippen MR) is 43.7 cm³/mol. The molecule has 0 aliphatic heterocycles. The van der Waals surface area contributed by atoms with Crippen LogP contribution >= 0.6 is 0 Å². The summed E-state index contributed by atoms with van der Waals surface area (Å²) in [6.07, 6.45) is -3.59. The molecule has 0 saturated heterocycles. The molecule has 0 N–H and O–H groups in total. The molecule has 0 bridgehead atoms. The fourth-order valence-electron chi connectivity index (χ4n) is 0.968. The highest BCUT2D eigenvalue weighted by Gasteiger charge is 2.30. The second kappa shape index (κ2) is 3.21. The van der Waals surface area contributed by atoms with Crippen LogP contribution in [0.3, 0.4) is 0 Å². The highest BCUT2D eigenvalue weighted by atomic mass is 19.4. The third-order valence-corrected chi connectivity index (χ3v) is 1.66. The van der Waals surface area contributed by atoms with Crippen molar-refractivity contribution in [2.75, 3.05) is 0 Å². The van der Waals surface area contributed by atoms with Gasteiger partial charge in [0.1, 0.15) is 7.85 Å². The molecule has 0 aromatic heterocycles. The van der Waals surface area contributed by atoms with Crippen LogP contribution in [0.15, 0.2) is 24.3 Å². The van der Waals surface area contributed by atoms with Gasteiger partial charge in [-0.1, -0.05) is 30.1 Å². The molecule has 1 aromatic carbocycles. The molecular formula is C8H8BF3. The zero-order valence-corrected chi connectivity index (χ0v) is 6.65. The van der Waals surface area contributed by atoms with Crippen LogP contribution in [0.2, 0.25) is 0 Å². The maximum absolute atomic E-state index is 12.1. The van der Waals surface area contributed by atoms with Gasteiger partial charge >= 0.3 is 6.18 Å². The number of rotatable bonds is 1. The lowest BCUT2D eigenvalue weighted by atomic mass is 9.96. The number of benzene rings is 1. The van der Waals surface area contributed by atoms with E-state index in [9.17, 15) is 13.2 Å². The fraction of sp³-hybridized carbons (Fsp3) is 0.250. The standard InChI is InChI=1S/C8H8BF3/c9-5-6-2-1-3-7(4-6)8(10,11)12/h1-4H,5,9H2. The van der Waals surface area contributed by atoms with Gasteiger partial charge in [-0.25, -0.2) is 0 Å². The van der Waals surface area contributed by atoms with Gasteiger partial charge in [0, 0.05) is 0 Å². The highest BCUT2D eigenvalue weighted by molar-refractivity contribution is 6.08. The second-order valence-electron chi connectivity index (χ2n) is 2.55. The summed E-state index contributed by atoms with van der Waals surface area (Å²) in [5, 5.41) is 0. The van der Waals surface area contributed by atoms with Gasteiger partial charge in [0.25, 0.3) is 0 Å². The molecule has 0 spiro atoms. The SMILES string of the molecule is BCc1cccc(C(F)(F)F)c1. The van der Waals surface area contributed by atoms with E-state index < -0.39 is 11.7 Å². The molecule has 0 atom stereocenters. The first-order chi connectivity index (χ1) is 5.54. The Kier molecular flexibility index (Phi) is 2.45. The van der Waals surface area contributed by atoms with Crippen molar-refractivity contribution in [3.8, 4) is 0 Å². The largest absolute Gasteiger partial charge is 0.416 e. The summed E-state index contributed by atoms with van der Waals surface area (Å²) in [5.41, 5.74) is 0.145. The van der Waals surface area contributed by atoms with Gasteiger partial charge in [0.15, 0.2) is 0 Å². The zero-order valence-electron chi connectivity index (χ0n) is 6.65. The van der Waals surface area contributed by atoms with Crippen LogP contribution in [0.4, 0.5) is 13.2 Å². The zero-order chi connectivity index (χ0) is 9.19. The minimum Gasteiger partial charge on any atom is -0.166 e. The van der Waals surface area contributed by atoms with Crippen molar-refractivity contribution < 1.29 is 13.2 Å². The van der Waals surface area contributed by atoms with Crippen molar-refractivity contribution >= 4 is 7.85 Å². The van der Waals surface area contributed by atoms with Crippen LogP contribution in [-0.2, 0) is 12.5 Å². The van der Waals surface area contributed by atoms with Crippen molar-refractivity contribution in [1.82, 2.24) is 0 Å². The molecule has 0 aliphatic rings. The molecule has 0 amide bonds. The molecular weight excluding hydrogens is 164 g/mol. The van der Waals surface area contributed by atoms with Crippen molar-refractivity contribution in [3.05, 3.63) is 35.4 Å². The van der Waals surface area contributed by atoms with Crippen molar-refractivity contribution in [3.63, 3.8) is 0 Å². The van der Waals surface area contributed by atoms with Crippen molar-refractivity contribution in [1.29, 1.82) is 0 Å². The summed E-state index contributed by atoms with van der Waals surface area (Å²) < 4.78 is 36.3. The van der Waals surface area contributed by atoms with Crippen molar-refractivity contribution in [2.24, 2.45) is 0 Å². The predicted octanol–water partition coefficient (Wildman–Crippen LogP) is 1.84. The first-order valence-corrected chi connectivity index (χ1v) is 3.70. The minimum atomic E-state index is -4.22. The van der Waals surface area contributed by atoms with Crippen molar-refractivity contribution in [2.45, 2.75) is 12.5 Å². The Bertz CT molecular complexity index is 267. The third kappa shape index (κ3) is 2.03.